The Bertz CT molecular complexity index is 1600. The molecule has 5 rings (SSSR count). The van der Waals surface area contributed by atoms with Crippen LogP contribution in [0.15, 0.2) is 78.9 Å². The summed E-state index contributed by atoms with van der Waals surface area (Å²) in [4.78, 5) is 5.04. The van der Waals surface area contributed by atoms with Gasteiger partial charge in [-0.1, -0.05) is 73.5 Å². The standard InChI is InChI=1S/C30H22N4/c1-4-21-15-17-23(18-16-21)29-26(19-31)28(25-14-10-9-11-22(25)5-2)27-20(3)33-34(30(27)32-29)24-12-7-6-8-13-24/h2,6-18H,4H2,1,3H3. The summed E-state index contributed by atoms with van der Waals surface area (Å²) in [6.07, 6.45) is 6.81. The van der Waals surface area contributed by atoms with Crippen LogP contribution in [0.4, 0.5) is 0 Å². The molecule has 0 bridgehead atoms. The second-order valence-corrected chi connectivity index (χ2v) is 8.09. The molecule has 0 spiro atoms. The van der Waals surface area contributed by atoms with E-state index in [4.69, 9.17) is 16.5 Å². The minimum atomic E-state index is 0.496. The second kappa shape index (κ2) is 8.70. The van der Waals surface area contributed by atoms with Gasteiger partial charge < -0.3 is 0 Å². The van der Waals surface area contributed by atoms with E-state index in [-0.39, 0.29) is 0 Å². The zero-order valence-electron chi connectivity index (χ0n) is 19.1. The SMILES string of the molecule is C#Cc1ccccc1-c1c(C#N)c(-c2ccc(CC)cc2)nc2c1c(C)nn2-c1ccccc1. The fourth-order valence-electron chi connectivity index (χ4n) is 4.38. The predicted molar refractivity (Wildman–Crippen MR) is 137 cm³/mol. The third-order valence-electron chi connectivity index (χ3n) is 6.09. The van der Waals surface area contributed by atoms with Gasteiger partial charge in [0.15, 0.2) is 5.65 Å². The largest absolute Gasteiger partial charge is 0.226 e. The summed E-state index contributed by atoms with van der Waals surface area (Å²) in [5.41, 5.74) is 7.95. The van der Waals surface area contributed by atoms with Gasteiger partial charge in [0.25, 0.3) is 0 Å². The van der Waals surface area contributed by atoms with Crippen LogP contribution in [-0.4, -0.2) is 14.8 Å². The number of rotatable bonds is 4. The number of aryl methyl sites for hydroxylation is 2. The highest BCUT2D eigenvalue weighted by Gasteiger charge is 2.24. The Morgan fingerprint density at radius 1 is 0.941 bits per heavy atom. The van der Waals surface area contributed by atoms with Crippen molar-refractivity contribution < 1.29 is 0 Å². The van der Waals surface area contributed by atoms with Crippen LogP contribution in [0.3, 0.4) is 0 Å². The fourth-order valence-corrected chi connectivity index (χ4v) is 4.38. The quantitative estimate of drug-likeness (QED) is 0.302. The first-order chi connectivity index (χ1) is 16.7. The summed E-state index contributed by atoms with van der Waals surface area (Å²) in [5.74, 6) is 2.79. The van der Waals surface area contributed by atoms with Crippen LogP contribution in [0.5, 0.6) is 0 Å². The molecule has 0 saturated carbocycles. The number of aromatic nitrogens is 3. The minimum Gasteiger partial charge on any atom is -0.226 e. The fraction of sp³-hybridized carbons (Fsp3) is 0.100. The number of pyridine rings is 1. The predicted octanol–water partition coefficient (Wildman–Crippen LogP) is 6.48. The third kappa shape index (κ3) is 3.43. The number of benzene rings is 3. The Morgan fingerprint density at radius 3 is 2.32 bits per heavy atom. The van der Waals surface area contributed by atoms with E-state index in [1.165, 1.54) is 5.56 Å². The summed E-state index contributed by atoms with van der Waals surface area (Å²) >= 11 is 0. The van der Waals surface area contributed by atoms with Gasteiger partial charge in [0.2, 0.25) is 0 Å². The molecule has 0 aliphatic rings. The number of para-hydroxylation sites is 1. The minimum absolute atomic E-state index is 0.496. The number of terminal acetylenes is 1. The van der Waals surface area contributed by atoms with Gasteiger partial charge in [0, 0.05) is 16.7 Å². The molecule has 34 heavy (non-hydrogen) atoms. The summed E-state index contributed by atoms with van der Waals surface area (Å²) in [6, 6.07) is 28.3. The van der Waals surface area contributed by atoms with Crippen molar-refractivity contribution in [1.82, 2.24) is 14.8 Å². The Hall–Kier alpha value is -4.67. The van der Waals surface area contributed by atoms with Crippen LogP contribution >= 0.6 is 0 Å². The Morgan fingerprint density at radius 2 is 1.65 bits per heavy atom. The molecule has 162 valence electrons. The maximum atomic E-state index is 10.4. The molecule has 2 aromatic heterocycles. The van der Waals surface area contributed by atoms with Crippen molar-refractivity contribution in [3.8, 4) is 46.5 Å². The van der Waals surface area contributed by atoms with Gasteiger partial charge in [-0.25, -0.2) is 9.67 Å². The number of fused-ring (bicyclic) bond motifs is 1. The molecule has 0 fully saturated rings. The molecule has 0 aliphatic carbocycles. The molecule has 5 aromatic rings. The molecule has 0 unspecified atom stereocenters. The average Bonchev–Trinajstić information content (AvgIpc) is 3.24. The summed E-state index contributed by atoms with van der Waals surface area (Å²) in [6.45, 7) is 4.07. The van der Waals surface area contributed by atoms with Gasteiger partial charge in [-0.2, -0.15) is 10.4 Å². The van der Waals surface area contributed by atoms with Crippen molar-refractivity contribution >= 4 is 11.0 Å². The van der Waals surface area contributed by atoms with E-state index in [1.54, 1.807) is 0 Å². The van der Waals surface area contributed by atoms with E-state index in [1.807, 2.05) is 78.3 Å². The highest BCUT2D eigenvalue weighted by Crippen LogP contribution is 2.40. The normalized spacial score (nSPS) is 10.7. The second-order valence-electron chi connectivity index (χ2n) is 8.09. The zero-order valence-corrected chi connectivity index (χ0v) is 19.1. The molecule has 0 N–H and O–H groups in total. The van der Waals surface area contributed by atoms with Gasteiger partial charge >= 0.3 is 0 Å². The third-order valence-corrected chi connectivity index (χ3v) is 6.09. The van der Waals surface area contributed by atoms with Crippen molar-refractivity contribution in [2.45, 2.75) is 20.3 Å². The van der Waals surface area contributed by atoms with Crippen LogP contribution in [0, 0.1) is 30.6 Å². The van der Waals surface area contributed by atoms with Crippen molar-refractivity contribution in [1.29, 1.82) is 5.26 Å². The Labute approximate surface area is 199 Å². The molecule has 0 amide bonds. The zero-order chi connectivity index (χ0) is 23.7. The maximum absolute atomic E-state index is 10.4. The first-order valence-corrected chi connectivity index (χ1v) is 11.2. The molecule has 0 radical (unpaired) electrons. The molecule has 0 aliphatic heterocycles. The lowest BCUT2D eigenvalue weighted by molar-refractivity contribution is 0.878. The molecule has 4 nitrogen and oxygen atoms in total. The highest BCUT2D eigenvalue weighted by atomic mass is 15.3. The number of nitriles is 1. The van der Waals surface area contributed by atoms with Crippen molar-refractivity contribution in [3.63, 3.8) is 0 Å². The Kier molecular flexibility index (Phi) is 5.42. The lowest BCUT2D eigenvalue weighted by atomic mass is 9.90. The summed E-state index contributed by atoms with van der Waals surface area (Å²) < 4.78 is 1.84. The highest BCUT2D eigenvalue weighted by molar-refractivity contribution is 6.02. The van der Waals surface area contributed by atoms with Gasteiger partial charge in [-0.05, 0) is 42.7 Å². The van der Waals surface area contributed by atoms with E-state index in [2.05, 4.69) is 31.0 Å². The molecule has 4 heteroatoms. The van der Waals surface area contributed by atoms with E-state index >= 15 is 0 Å². The lowest BCUT2D eigenvalue weighted by Crippen LogP contribution is -2.01. The van der Waals surface area contributed by atoms with Crippen LogP contribution in [-0.2, 0) is 6.42 Å². The smallest absolute Gasteiger partial charge is 0.164 e. The molecular weight excluding hydrogens is 416 g/mol. The van der Waals surface area contributed by atoms with Crippen LogP contribution in [0.2, 0.25) is 0 Å². The molecule has 0 saturated heterocycles. The van der Waals surface area contributed by atoms with Crippen molar-refractivity contribution in [2.75, 3.05) is 0 Å². The number of hydrogen-bond donors (Lipinski definition) is 0. The van der Waals surface area contributed by atoms with Gasteiger partial charge in [0.05, 0.1) is 28.0 Å². The van der Waals surface area contributed by atoms with Crippen molar-refractivity contribution in [3.05, 3.63) is 101 Å². The van der Waals surface area contributed by atoms with E-state index in [0.717, 1.165) is 45.4 Å². The maximum Gasteiger partial charge on any atom is 0.164 e. The first-order valence-electron chi connectivity index (χ1n) is 11.2. The molecular formula is C30H22N4. The average molecular weight is 439 g/mol. The number of hydrogen-bond acceptors (Lipinski definition) is 3. The van der Waals surface area contributed by atoms with Gasteiger partial charge in [-0.3, -0.25) is 0 Å². The van der Waals surface area contributed by atoms with Gasteiger partial charge in [0.1, 0.15) is 6.07 Å². The first kappa shape index (κ1) is 21.2. The van der Waals surface area contributed by atoms with E-state index in [0.29, 0.717) is 16.9 Å². The van der Waals surface area contributed by atoms with Gasteiger partial charge in [-0.15, -0.1) is 6.42 Å². The van der Waals surface area contributed by atoms with Crippen molar-refractivity contribution in [2.24, 2.45) is 0 Å². The summed E-state index contributed by atoms with van der Waals surface area (Å²) in [5, 5.41) is 16.1. The lowest BCUT2D eigenvalue weighted by Gasteiger charge is -2.14. The molecule has 2 heterocycles. The van der Waals surface area contributed by atoms with Crippen LogP contribution in [0.25, 0.3) is 39.1 Å². The Balaban J connectivity index is 1.95. The summed E-state index contributed by atoms with van der Waals surface area (Å²) in [7, 11) is 0. The van der Waals surface area contributed by atoms with E-state index in [9.17, 15) is 5.26 Å². The monoisotopic (exact) mass is 438 g/mol. The number of nitrogens with zero attached hydrogens (tertiary/aromatic N) is 4. The van der Waals surface area contributed by atoms with Crippen LogP contribution in [0.1, 0.15) is 29.3 Å². The molecule has 3 aromatic carbocycles. The molecule has 0 atom stereocenters. The van der Waals surface area contributed by atoms with E-state index < -0.39 is 0 Å². The topological polar surface area (TPSA) is 54.5 Å². The van der Waals surface area contributed by atoms with Crippen LogP contribution < -0.4 is 0 Å².